The van der Waals surface area contributed by atoms with Gasteiger partial charge in [-0.25, -0.2) is 0 Å². The molecular formula is C13H21N3O3. The largest absolute Gasteiger partial charge is 0.394 e. The number of nitrogens with one attached hydrogen (secondary N) is 1. The summed E-state index contributed by atoms with van der Waals surface area (Å²) in [6.07, 6.45) is 2.05. The van der Waals surface area contributed by atoms with E-state index in [0.717, 1.165) is 25.6 Å². The smallest absolute Gasteiger partial charge is 0.267 e. The Bertz CT molecular complexity index is 411. The summed E-state index contributed by atoms with van der Waals surface area (Å²) in [5.74, 6) is -1.02. The summed E-state index contributed by atoms with van der Waals surface area (Å²) < 4.78 is 0. The molecule has 6 heteroatoms. The van der Waals surface area contributed by atoms with Gasteiger partial charge in [-0.15, -0.1) is 0 Å². The zero-order valence-electron chi connectivity index (χ0n) is 11.6. The van der Waals surface area contributed by atoms with Gasteiger partial charge in [-0.3, -0.25) is 14.4 Å². The third-order valence-electron chi connectivity index (χ3n) is 3.01. The number of carbonyl (C=O) groups is 3. The zero-order valence-corrected chi connectivity index (χ0v) is 11.6. The van der Waals surface area contributed by atoms with Crippen molar-refractivity contribution in [2.24, 2.45) is 11.7 Å². The van der Waals surface area contributed by atoms with E-state index in [2.05, 4.69) is 5.32 Å². The molecule has 0 aromatic carbocycles. The van der Waals surface area contributed by atoms with Crippen LogP contribution in [0, 0.1) is 5.92 Å². The minimum atomic E-state index is -0.605. The first-order valence-electron chi connectivity index (χ1n) is 6.40. The first-order valence-corrected chi connectivity index (χ1v) is 6.40. The SMILES string of the molecule is CC(=O)/C=C(\N)C(=O)N[C@H](C(=O)N1CCC1)C(C)C. The Labute approximate surface area is 113 Å². The lowest BCUT2D eigenvalue weighted by atomic mass is 10.0. The second-order valence-electron chi connectivity index (χ2n) is 5.08. The summed E-state index contributed by atoms with van der Waals surface area (Å²) in [5.41, 5.74) is 5.32. The molecule has 1 rings (SSSR count). The topological polar surface area (TPSA) is 92.5 Å². The molecule has 1 aliphatic rings. The lowest BCUT2D eigenvalue weighted by Crippen LogP contribution is -2.55. The molecule has 0 aromatic rings. The molecule has 3 N–H and O–H groups in total. The van der Waals surface area contributed by atoms with E-state index >= 15 is 0 Å². The Morgan fingerprint density at radius 3 is 2.21 bits per heavy atom. The van der Waals surface area contributed by atoms with Gasteiger partial charge in [-0.2, -0.15) is 0 Å². The summed E-state index contributed by atoms with van der Waals surface area (Å²) in [7, 11) is 0. The number of hydrogen-bond acceptors (Lipinski definition) is 4. The molecule has 1 saturated heterocycles. The molecule has 0 aromatic heterocycles. The number of allylic oxidation sites excluding steroid dienone is 1. The van der Waals surface area contributed by atoms with Crippen molar-refractivity contribution in [1.29, 1.82) is 0 Å². The van der Waals surface area contributed by atoms with E-state index < -0.39 is 11.9 Å². The fourth-order valence-electron chi connectivity index (χ4n) is 1.76. The molecule has 1 heterocycles. The Morgan fingerprint density at radius 1 is 1.26 bits per heavy atom. The van der Waals surface area contributed by atoms with Gasteiger partial charge in [-0.05, 0) is 19.3 Å². The highest BCUT2D eigenvalue weighted by Crippen LogP contribution is 2.13. The van der Waals surface area contributed by atoms with Crippen molar-refractivity contribution in [2.45, 2.75) is 33.2 Å². The highest BCUT2D eigenvalue weighted by Gasteiger charge is 2.31. The van der Waals surface area contributed by atoms with Crippen LogP contribution in [0.4, 0.5) is 0 Å². The second-order valence-corrected chi connectivity index (χ2v) is 5.08. The molecule has 1 fully saturated rings. The first kappa shape index (κ1) is 15.2. The molecule has 0 radical (unpaired) electrons. The van der Waals surface area contributed by atoms with E-state index in [1.165, 1.54) is 6.92 Å². The maximum Gasteiger partial charge on any atom is 0.267 e. The number of rotatable bonds is 5. The van der Waals surface area contributed by atoms with Crippen molar-refractivity contribution >= 4 is 17.6 Å². The van der Waals surface area contributed by atoms with Crippen molar-refractivity contribution in [1.82, 2.24) is 10.2 Å². The molecule has 1 aliphatic heterocycles. The van der Waals surface area contributed by atoms with Crippen LogP contribution in [0.5, 0.6) is 0 Å². The summed E-state index contributed by atoms with van der Waals surface area (Å²) >= 11 is 0. The van der Waals surface area contributed by atoms with Gasteiger partial charge in [0.2, 0.25) is 5.91 Å². The van der Waals surface area contributed by atoms with Crippen LogP contribution in [0.2, 0.25) is 0 Å². The van der Waals surface area contributed by atoms with Crippen molar-refractivity contribution in [3.05, 3.63) is 11.8 Å². The Morgan fingerprint density at radius 2 is 1.84 bits per heavy atom. The van der Waals surface area contributed by atoms with E-state index in [4.69, 9.17) is 5.73 Å². The van der Waals surface area contributed by atoms with Crippen molar-refractivity contribution in [3.63, 3.8) is 0 Å². The quantitative estimate of drug-likeness (QED) is 0.674. The fourth-order valence-corrected chi connectivity index (χ4v) is 1.76. The van der Waals surface area contributed by atoms with E-state index in [1.807, 2.05) is 13.8 Å². The minimum absolute atomic E-state index is 0.0396. The van der Waals surface area contributed by atoms with Gasteiger partial charge in [0.1, 0.15) is 11.7 Å². The molecule has 106 valence electrons. The zero-order chi connectivity index (χ0) is 14.6. The molecule has 6 nitrogen and oxygen atoms in total. The van der Waals surface area contributed by atoms with Gasteiger partial charge in [0.15, 0.2) is 5.78 Å². The van der Waals surface area contributed by atoms with Crippen LogP contribution in [0.25, 0.3) is 0 Å². The van der Waals surface area contributed by atoms with Crippen LogP contribution in [0.1, 0.15) is 27.2 Å². The second kappa shape index (κ2) is 6.36. The highest BCUT2D eigenvalue weighted by molar-refractivity contribution is 6.01. The number of nitrogens with zero attached hydrogens (tertiary/aromatic N) is 1. The molecule has 0 unspecified atom stereocenters. The normalized spacial score (nSPS) is 16.8. The maximum atomic E-state index is 12.1. The fraction of sp³-hybridized carbons (Fsp3) is 0.615. The molecule has 1 atom stereocenters. The number of nitrogens with two attached hydrogens (primary N) is 1. The number of likely N-dealkylation sites (tertiary alicyclic amines) is 1. The number of amides is 2. The van der Waals surface area contributed by atoms with E-state index in [1.54, 1.807) is 4.90 Å². The third-order valence-corrected chi connectivity index (χ3v) is 3.01. The standard InChI is InChI=1S/C13H21N3O3/c1-8(2)11(13(19)16-5-4-6-16)15-12(18)10(14)7-9(3)17/h7-8,11H,4-6,14H2,1-3H3,(H,15,18)/b10-7-/t11-/m0/s1. The number of ketones is 1. The predicted molar refractivity (Wildman–Crippen MR) is 70.9 cm³/mol. The van der Waals surface area contributed by atoms with Gasteiger partial charge in [0.25, 0.3) is 5.91 Å². The van der Waals surface area contributed by atoms with Crippen LogP contribution in [-0.4, -0.2) is 41.6 Å². The lowest BCUT2D eigenvalue weighted by molar-refractivity contribution is -0.140. The minimum Gasteiger partial charge on any atom is -0.394 e. The predicted octanol–water partition coefficient (Wildman–Crippen LogP) is -0.209. The van der Waals surface area contributed by atoms with E-state index in [0.29, 0.717) is 0 Å². The van der Waals surface area contributed by atoms with E-state index in [-0.39, 0.29) is 23.3 Å². The lowest BCUT2D eigenvalue weighted by Gasteiger charge is -2.35. The summed E-state index contributed by atoms with van der Waals surface area (Å²) in [4.78, 5) is 36.5. The van der Waals surface area contributed by atoms with Crippen LogP contribution < -0.4 is 11.1 Å². The molecular weight excluding hydrogens is 246 g/mol. The maximum absolute atomic E-state index is 12.1. The Kier molecular flexibility index (Phi) is 5.09. The summed E-state index contributed by atoms with van der Waals surface area (Å²) in [6.45, 7) is 6.49. The molecule has 0 spiro atoms. The van der Waals surface area contributed by atoms with Crippen LogP contribution in [0.3, 0.4) is 0 Å². The molecule has 0 saturated carbocycles. The van der Waals surface area contributed by atoms with E-state index in [9.17, 15) is 14.4 Å². The van der Waals surface area contributed by atoms with Crippen LogP contribution in [0.15, 0.2) is 11.8 Å². The van der Waals surface area contributed by atoms with Crippen molar-refractivity contribution < 1.29 is 14.4 Å². The van der Waals surface area contributed by atoms with Gasteiger partial charge >= 0.3 is 0 Å². The number of carbonyl (C=O) groups excluding carboxylic acids is 3. The Hall–Kier alpha value is -1.85. The van der Waals surface area contributed by atoms with Gasteiger partial charge in [0.05, 0.1) is 0 Å². The summed E-state index contributed by atoms with van der Waals surface area (Å²) in [6, 6.07) is -0.605. The average molecular weight is 267 g/mol. The van der Waals surface area contributed by atoms with Gasteiger partial charge < -0.3 is 16.0 Å². The molecule has 19 heavy (non-hydrogen) atoms. The number of hydrogen-bond donors (Lipinski definition) is 2. The van der Waals surface area contributed by atoms with Gasteiger partial charge in [0, 0.05) is 19.2 Å². The summed E-state index contributed by atoms with van der Waals surface area (Å²) in [5, 5.41) is 2.59. The molecule has 0 bridgehead atoms. The first-order chi connectivity index (χ1) is 8.82. The van der Waals surface area contributed by atoms with Crippen LogP contribution in [-0.2, 0) is 14.4 Å². The monoisotopic (exact) mass is 267 g/mol. The average Bonchev–Trinajstić information content (AvgIpc) is 2.21. The van der Waals surface area contributed by atoms with Gasteiger partial charge in [-0.1, -0.05) is 13.8 Å². The van der Waals surface area contributed by atoms with Crippen molar-refractivity contribution in [3.8, 4) is 0 Å². The van der Waals surface area contributed by atoms with Crippen molar-refractivity contribution in [2.75, 3.05) is 13.1 Å². The molecule has 0 aliphatic carbocycles. The van der Waals surface area contributed by atoms with Crippen LogP contribution >= 0.6 is 0 Å². The Balaban J connectivity index is 2.70. The third kappa shape index (κ3) is 4.08. The highest BCUT2D eigenvalue weighted by atomic mass is 16.2. The molecule has 2 amide bonds.